The number of nitriles is 1. The topological polar surface area (TPSA) is 85.0 Å². The molecule has 6 nitrogen and oxygen atoms in total. The molecule has 0 radical (unpaired) electrons. The minimum atomic E-state index is -0.602. The molecule has 0 atom stereocenters. The second-order valence-corrected chi connectivity index (χ2v) is 6.95. The largest absolute Gasteiger partial charge is 0.454 e. The van der Waals surface area contributed by atoms with Crippen LogP contribution in [0.25, 0.3) is 27.9 Å². The van der Waals surface area contributed by atoms with Crippen molar-refractivity contribution in [2.45, 2.75) is 13.0 Å². The molecule has 0 saturated carbocycles. The zero-order valence-electron chi connectivity index (χ0n) is 16.7. The normalized spacial score (nSPS) is 11.1. The van der Waals surface area contributed by atoms with E-state index in [2.05, 4.69) is 11.1 Å². The number of pyridine rings is 1. The second kappa shape index (κ2) is 9.06. The molecule has 0 unspecified atom stereocenters. The van der Waals surface area contributed by atoms with Crippen LogP contribution in [0.5, 0.6) is 0 Å². The van der Waals surface area contributed by atoms with E-state index in [1.165, 1.54) is 6.08 Å². The lowest BCUT2D eigenvalue weighted by molar-refractivity contribution is -0.136. The van der Waals surface area contributed by atoms with Crippen molar-refractivity contribution in [1.29, 1.82) is 5.26 Å². The monoisotopic (exact) mass is 409 g/mol. The number of fused-ring (bicyclic) bond motifs is 2. The van der Waals surface area contributed by atoms with Gasteiger partial charge in [-0.3, -0.25) is 9.78 Å². The summed E-state index contributed by atoms with van der Waals surface area (Å²) in [5.41, 5.74) is 2.93. The molecule has 0 amide bonds. The molecule has 2 aromatic heterocycles. The summed E-state index contributed by atoms with van der Waals surface area (Å²) in [6.45, 7) is 0.134. The van der Waals surface area contributed by atoms with Gasteiger partial charge in [0.05, 0.1) is 18.0 Å². The third-order valence-corrected chi connectivity index (χ3v) is 4.96. The SMILES string of the molecule is N#CCCn1cc(C(=O)COC(=O)/C=C\c2cccc3cccnc23)c2ccccc21. The molecular weight excluding hydrogens is 390 g/mol. The zero-order valence-corrected chi connectivity index (χ0v) is 16.7. The number of para-hydroxylation sites is 2. The van der Waals surface area contributed by atoms with Crippen molar-refractivity contribution in [3.05, 3.63) is 84.2 Å². The molecule has 4 rings (SSSR count). The fraction of sp³-hybridized carbons (Fsp3) is 0.120. The summed E-state index contributed by atoms with van der Waals surface area (Å²) in [5, 5.41) is 10.6. The van der Waals surface area contributed by atoms with Gasteiger partial charge < -0.3 is 9.30 Å². The zero-order chi connectivity index (χ0) is 21.6. The van der Waals surface area contributed by atoms with Gasteiger partial charge in [-0.05, 0) is 18.2 Å². The molecule has 152 valence electrons. The molecule has 0 aliphatic carbocycles. The Labute approximate surface area is 179 Å². The lowest BCUT2D eigenvalue weighted by atomic mass is 10.1. The molecule has 6 heteroatoms. The average Bonchev–Trinajstić information content (AvgIpc) is 3.18. The van der Waals surface area contributed by atoms with E-state index in [0.29, 0.717) is 18.5 Å². The summed E-state index contributed by atoms with van der Waals surface area (Å²) in [6.07, 6.45) is 6.69. The summed E-state index contributed by atoms with van der Waals surface area (Å²) in [7, 11) is 0. The van der Waals surface area contributed by atoms with Crippen LogP contribution in [0.3, 0.4) is 0 Å². The smallest absolute Gasteiger partial charge is 0.331 e. The van der Waals surface area contributed by atoms with E-state index in [-0.39, 0.29) is 12.4 Å². The number of rotatable bonds is 7. The number of carbonyl (C=O) groups is 2. The number of aryl methyl sites for hydroxylation is 1. The van der Waals surface area contributed by atoms with Crippen molar-refractivity contribution >= 4 is 39.6 Å². The molecule has 0 spiro atoms. The minimum Gasteiger partial charge on any atom is -0.454 e. The van der Waals surface area contributed by atoms with Gasteiger partial charge >= 0.3 is 5.97 Å². The van der Waals surface area contributed by atoms with Crippen molar-refractivity contribution in [3.63, 3.8) is 0 Å². The van der Waals surface area contributed by atoms with Gasteiger partial charge in [0.25, 0.3) is 0 Å². The third kappa shape index (κ3) is 4.36. The fourth-order valence-corrected chi connectivity index (χ4v) is 3.51. The van der Waals surface area contributed by atoms with Crippen LogP contribution in [0, 0.1) is 11.3 Å². The van der Waals surface area contributed by atoms with Crippen LogP contribution in [0.15, 0.2) is 73.1 Å². The summed E-state index contributed by atoms with van der Waals surface area (Å²) in [6, 6.07) is 19.1. The summed E-state index contributed by atoms with van der Waals surface area (Å²) < 4.78 is 7.05. The number of benzene rings is 2. The van der Waals surface area contributed by atoms with Gasteiger partial charge in [0.15, 0.2) is 6.61 Å². The van der Waals surface area contributed by atoms with Gasteiger partial charge in [0, 0.05) is 52.4 Å². The van der Waals surface area contributed by atoms with Crippen molar-refractivity contribution < 1.29 is 14.3 Å². The number of nitrogens with zero attached hydrogens (tertiary/aromatic N) is 3. The summed E-state index contributed by atoms with van der Waals surface area (Å²) >= 11 is 0. The highest BCUT2D eigenvalue weighted by molar-refractivity contribution is 6.09. The van der Waals surface area contributed by atoms with Crippen LogP contribution in [-0.2, 0) is 16.1 Å². The van der Waals surface area contributed by atoms with E-state index in [9.17, 15) is 9.59 Å². The van der Waals surface area contributed by atoms with Crippen LogP contribution in [0.2, 0.25) is 0 Å². The Kier molecular flexibility index (Phi) is 5.86. The number of carbonyl (C=O) groups excluding carboxylic acids is 2. The van der Waals surface area contributed by atoms with E-state index in [1.54, 1.807) is 18.5 Å². The van der Waals surface area contributed by atoms with Crippen molar-refractivity contribution in [3.8, 4) is 6.07 Å². The number of aromatic nitrogens is 2. The first-order chi connectivity index (χ1) is 15.2. The number of esters is 1. The lowest BCUT2D eigenvalue weighted by Gasteiger charge is -2.02. The maximum atomic E-state index is 12.7. The van der Waals surface area contributed by atoms with E-state index < -0.39 is 5.97 Å². The Morgan fingerprint density at radius 3 is 2.81 bits per heavy atom. The third-order valence-electron chi connectivity index (χ3n) is 4.96. The van der Waals surface area contributed by atoms with Crippen molar-refractivity contribution in [1.82, 2.24) is 9.55 Å². The van der Waals surface area contributed by atoms with Gasteiger partial charge in [-0.1, -0.05) is 42.5 Å². The first-order valence-electron chi connectivity index (χ1n) is 9.84. The molecular formula is C25H19N3O3. The second-order valence-electron chi connectivity index (χ2n) is 6.95. The van der Waals surface area contributed by atoms with Gasteiger partial charge in [-0.2, -0.15) is 5.26 Å². The highest BCUT2D eigenvalue weighted by Crippen LogP contribution is 2.22. The molecule has 0 aliphatic heterocycles. The van der Waals surface area contributed by atoms with Gasteiger partial charge in [0.1, 0.15) is 0 Å². The van der Waals surface area contributed by atoms with Crippen molar-refractivity contribution in [2.75, 3.05) is 6.61 Å². The van der Waals surface area contributed by atoms with E-state index in [4.69, 9.17) is 10.00 Å². The molecule has 0 N–H and O–H groups in total. The highest BCUT2D eigenvalue weighted by atomic mass is 16.5. The number of hydrogen-bond donors (Lipinski definition) is 0. The minimum absolute atomic E-state index is 0.291. The summed E-state index contributed by atoms with van der Waals surface area (Å²) in [5.74, 6) is -0.894. The average molecular weight is 409 g/mol. The van der Waals surface area contributed by atoms with E-state index in [0.717, 1.165) is 27.4 Å². The Balaban J connectivity index is 1.46. The van der Waals surface area contributed by atoms with Crippen LogP contribution in [-0.4, -0.2) is 27.9 Å². The number of ether oxygens (including phenoxy) is 1. The van der Waals surface area contributed by atoms with Crippen molar-refractivity contribution in [2.24, 2.45) is 0 Å². The van der Waals surface area contributed by atoms with Gasteiger partial charge in [0.2, 0.25) is 5.78 Å². The summed E-state index contributed by atoms with van der Waals surface area (Å²) in [4.78, 5) is 29.2. The quantitative estimate of drug-likeness (QED) is 0.254. The molecule has 0 saturated heterocycles. The molecule has 31 heavy (non-hydrogen) atoms. The first-order valence-corrected chi connectivity index (χ1v) is 9.84. The van der Waals surface area contributed by atoms with Gasteiger partial charge in [-0.15, -0.1) is 0 Å². The Bertz CT molecular complexity index is 1340. The highest BCUT2D eigenvalue weighted by Gasteiger charge is 2.16. The maximum Gasteiger partial charge on any atom is 0.331 e. The first kappa shape index (κ1) is 20.0. The molecule has 4 aromatic rings. The predicted molar refractivity (Wildman–Crippen MR) is 118 cm³/mol. The fourth-order valence-electron chi connectivity index (χ4n) is 3.51. The Morgan fingerprint density at radius 2 is 1.94 bits per heavy atom. The van der Waals surface area contributed by atoms with Crippen LogP contribution >= 0.6 is 0 Å². The number of hydrogen-bond acceptors (Lipinski definition) is 5. The van der Waals surface area contributed by atoms with E-state index >= 15 is 0 Å². The number of ketones is 1. The predicted octanol–water partition coefficient (Wildman–Crippen LogP) is 4.54. The maximum absolute atomic E-state index is 12.7. The lowest BCUT2D eigenvalue weighted by Crippen LogP contribution is -2.12. The molecule has 2 aromatic carbocycles. The molecule has 0 bridgehead atoms. The Morgan fingerprint density at radius 1 is 1.10 bits per heavy atom. The van der Waals surface area contributed by atoms with Crippen LogP contribution in [0.1, 0.15) is 22.3 Å². The molecule has 0 fully saturated rings. The van der Waals surface area contributed by atoms with Crippen LogP contribution < -0.4 is 0 Å². The molecule has 0 aliphatic rings. The molecule has 2 heterocycles. The van der Waals surface area contributed by atoms with Gasteiger partial charge in [-0.25, -0.2) is 4.79 Å². The standard InChI is InChI=1S/C25H19N3O3/c26-13-5-15-28-16-21(20-9-1-2-10-22(20)28)23(29)17-31-24(30)12-11-19-7-3-6-18-8-4-14-27-25(18)19/h1-4,6-12,14,16H,5,15,17H2/b12-11-. The number of Topliss-reactive ketones (excluding diaryl/α,β-unsaturated/α-hetero) is 1. The Hall–Kier alpha value is -4.24. The van der Waals surface area contributed by atoms with Crippen LogP contribution in [0.4, 0.5) is 0 Å². The van der Waals surface area contributed by atoms with E-state index in [1.807, 2.05) is 59.2 Å².